The minimum Gasteiger partial charge on any atom is -0.365 e. The standard InChI is InChI=1S/C19H24ClF2N3O3S/c20-15-10-13(25-8-7-18(21,22)11-25)2-4-16(15)29(27,28)14-3-1-12(9-14)17(26)24-19(23)5-6-19/h2,4,10,12,14H,1,3,5-9,11,23H2,(H,24,26)/t12-,14-/m0/s1. The number of anilines is 1. The molecule has 1 aliphatic heterocycles. The Morgan fingerprint density at radius 3 is 2.55 bits per heavy atom. The van der Waals surface area contributed by atoms with E-state index in [1.54, 1.807) is 0 Å². The van der Waals surface area contributed by atoms with Gasteiger partial charge in [0, 0.05) is 24.6 Å². The highest BCUT2D eigenvalue weighted by Gasteiger charge is 2.44. The smallest absolute Gasteiger partial charge is 0.266 e. The zero-order chi connectivity index (χ0) is 21.0. The van der Waals surface area contributed by atoms with Crippen LogP contribution >= 0.6 is 11.6 Å². The predicted molar refractivity (Wildman–Crippen MR) is 106 cm³/mol. The van der Waals surface area contributed by atoms with Crippen molar-refractivity contribution >= 4 is 33.0 Å². The number of hydrogen-bond donors (Lipinski definition) is 2. The lowest BCUT2D eigenvalue weighted by Crippen LogP contribution is -2.46. The van der Waals surface area contributed by atoms with E-state index in [2.05, 4.69) is 5.32 Å². The summed E-state index contributed by atoms with van der Waals surface area (Å²) in [6, 6.07) is 4.33. The third-order valence-electron chi connectivity index (χ3n) is 6.11. The van der Waals surface area contributed by atoms with Gasteiger partial charge in [-0.05, 0) is 50.3 Å². The Balaban J connectivity index is 1.47. The number of nitrogens with one attached hydrogen (secondary N) is 1. The molecule has 2 atom stereocenters. The summed E-state index contributed by atoms with van der Waals surface area (Å²) in [7, 11) is -3.74. The molecule has 3 aliphatic rings. The van der Waals surface area contributed by atoms with Crippen LogP contribution in [0.15, 0.2) is 23.1 Å². The van der Waals surface area contributed by atoms with Crippen LogP contribution in [0, 0.1) is 5.92 Å². The van der Waals surface area contributed by atoms with Crippen molar-refractivity contribution in [3.63, 3.8) is 0 Å². The van der Waals surface area contributed by atoms with Gasteiger partial charge < -0.3 is 16.0 Å². The number of hydrogen-bond acceptors (Lipinski definition) is 5. The maximum absolute atomic E-state index is 13.5. The van der Waals surface area contributed by atoms with E-state index in [1.807, 2.05) is 0 Å². The quantitative estimate of drug-likeness (QED) is 0.677. The van der Waals surface area contributed by atoms with E-state index in [9.17, 15) is 22.0 Å². The lowest BCUT2D eigenvalue weighted by atomic mass is 10.1. The average molecular weight is 448 g/mol. The average Bonchev–Trinajstić information content (AvgIpc) is 3.05. The number of amides is 1. The zero-order valence-electron chi connectivity index (χ0n) is 15.8. The van der Waals surface area contributed by atoms with Gasteiger partial charge in [-0.1, -0.05) is 11.6 Å². The van der Waals surface area contributed by atoms with Crippen LogP contribution in [0.2, 0.25) is 5.02 Å². The lowest BCUT2D eigenvalue weighted by molar-refractivity contribution is -0.125. The summed E-state index contributed by atoms with van der Waals surface area (Å²) in [5, 5.41) is 2.11. The van der Waals surface area contributed by atoms with Crippen LogP contribution in [-0.4, -0.2) is 44.2 Å². The topological polar surface area (TPSA) is 92.5 Å². The van der Waals surface area contributed by atoms with Crippen LogP contribution in [0.1, 0.15) is 38.5 Å². The van der Waals surface area contributed by atoms with E-state index in [1.165, 1.54) is 23.1 Å². The summed E-state index contributed by atoms with van der Waals surface area (Å²) < 4.78 is 53.1. The molecule has 1 heterocycles. The molecule has 29 heavy (non-hydrogen) atoms. The monoisotopic (exact) mass is 447 g/mol. The molecule has 2 aliphatic carbocycles. The van der Waals surface area contributed by atoms with Crippen molar-refractivity contribution < 1.29 is 22.0 Å². The van der Waals surface area contributed by atoms with Gasteiger partial charge in [-0.2, -0.15) is 0 Å². The highest BCUT2D eigenvalue weighted by molar-refractivity contribution is 7.92. The number of alkyl halides is 2. The lowest BCUT2D eigenvalue weighted by Gasteiger charge is -2.20. The van der Waals surface area contributed by atoms with E-state index in [4.69, 9.17) is 17.3 Å². The highest BCUT2D eigenvalue weighted by atomic mass is 35.5. The number of nitrogens with two attached hydrogens (primary N) is 1. The molecule has 2 saturated carbocycles. The summed E-state index contributed by atoms with van der Waals surface area (Å²) in [6.45, 7) is -0.213. The van der Waals surface area contributed by atoms with Crippen molar-refractivity contribution in [3.05, 3.63) is 23.2 Å². The Hall–Kier alpha value is -1.45. The first-order valence-electron chi connectivity index (χ1n) is 9.76. The summed E-state index contributed by atoms with van der Waals surface area (Å²) in [6.07, 6.45) is 2.30. The predicted octanol–water partition coefficient (Wildman–Crippen LogP) is 2.69. The number of sulfone groups is 1. The van der Waals surface area contributed by atoms with Gasteiger partial charge in [-0.25, -0.2) is 17.2 Å². The second-order valence-electron chi connectivity index (χ2n) is 8.46. The Bertz CT molecular complexity index is 937. The Kier molecular flexibility index (Phi) is 5.07. The first-order chi connectivity index (χ1) is 13.5. The number of nitrogens with zero attached hydrogens (tertiary/aromatic N) is 1. The van der Waals surface area contributed by atoms with Crippen LogP contribution in [-0.2, 0) is 14.6 Å². The zero-order valence-corrected chi connectivity index (χ0v) is 17.4. The fourth-order valence-electron chi connectivity index (χ4n) is 4.12. The first kappa shape index (κ1) is 20.8. The van der Waals surface area contributed by atoms with Crippen molar-refractivity contribution in [2.45, 2.75) is 60.3 Å². The number of benzene rings is 1. The number of carbonyl (C=O) groups excluding carboxylic acids is 1. The van der Waals surface area contributed by atoms with E-state index in [0.717, 1.165) is 12.8 Å². The molecule has 10 heteroatoms. The number of carbonyl (C=O) groups is 1. The normalized spacial score (nSPS) is 27.8. The molecule has 0 spiro atoms. The molecule has 6 nitrogen and oxygen atoms in total. The van der Waals surface area contributed by atoms with Crippen molar-refractivity contribution in [1.82, 2.24) is 5.32 Å². The molecule has 0 aromatic heterocycles. The molecule has 160 valence electrons. The fraction of sp³-hybridized carbons (Fsp3) is 0.632. The summed E-state index contributed by atoms with van der Waals surface area (Å²) in [5.41, 5.74) is 5.76. The van der Waals surface area contributed by atoms with Gasteiger partial charge in [0.25, 0.3) is 5.92 Å². The van der Waals surface area contributed by atoms with Crippen LogP contribution in [0.5, 0.6) is 0 Å². The molecule has 3 N–H and O–H groups in total. The minimum absolute atomic E-state index is 0.0163. The molecule has 1 aromatic rings. The molecule has 0 bridgehead atoms. The summed E-state index contributed by atoms with van der Waals surface area (Å²) in [5.74, 6) is -3.33. The molecular weight excluding hydrogens is 424 g/mol. The molecular formula is C19H24ClF2N3O3S. The minimum atomic E-state index is -3.74. The maximum Gasteiger partial charge on any atom is 0.266 e. The summed E-state index contributed by atoms with van der Waals surface area (Å²) in [4.78, 5) is 13.8. The molecule has 0 radical (unpaired) electrons. The Morgan fingerprint density at radius 2 is 1.97 bits per heavy atom. The highest BCUT2D eigenvalue weighted by Crippen LogP contribution is 2.39. The SMILES string of the molecule is NC1(NC(=O)[C@H]2CC[C@H](S(=O)(=O)c3ccc(N4CCC(F)(F)C4)cc3Cl)C2)CC1. The van der Waals surface area contributed by atoms with Gasteiger partial charge in [-0.3, -0.25) is 4.79 Å². The fourth-order valence-corrected chi connectivity index (χ4v) is 6.50. The first-order valence-corrected chi connectivity index (χ1v) is 11.7. The van der Waals surface area contributed by atoms with Crippen molar-refractivity contribution in [3.8, 4) is 0 Å². The van der Waals surface area contributed by atoms with Crippen LogP contribution in [0.3, 0.4) is 0 Å². The van der Waals surface area contributed by atoms with E-state index in [0.29, 0.717) is 18.5 Å². The molecule has 4 rings (SSSR count). The summed E-state index contributed by atoms with van der Waals surface area (Å²) >= 11 is 6.25. The second kappa shape index (κ2) is 7.06. The van der Waals surface area contributed by atoms with Gasteiger partial charge in [0.2, 0.25) is 5.91 Å². The Labute approximate surface area is 173 Å². The van der Waals surface area contributed by atoms with Gasteiger partial charge in [0.1, 0.15) is 0 Å². The molecule has 1 saturated heterocycles. The van der Waals surface area contributed by atoms with Gasteiger partial charge in [-0.15, -0.1) is 0 Å². The van der Waals surface area contributed by atoms with Crippen molar-refractivity contribution in [2.24, 2.45) is 11.7 Å². The van der Waals surface area contributed by atoms with Crippen molar-refractivity contribution in [1.29, 1.82) is 0 Å². The van der Waals surface area contributed by atoms with Gasteiger partial charge >= 0.3 is 0 Å². The van der Waals surface area contributed by atoms with Crippen LogP contribution < -0.4 is 16.0 Å². The Morgan fingerprint density at radius 1 is 1.24 bits per heavy atom. The van der Waals surface area contributed by atoms with E-state index in [-0.39, 0.29) is 41.1 Å². The second-order valence-corrected chi connectivity index (χ2v) is 11.1. The number of rotatable bonds is 5. The van der Waals surface area contributed by atoms with Gasteiger partial charge in [0.05, 0.1) is 27.4 Å². The number of halogens is 3. The molecule has 3 fully saturated rings. The van der Waals surface area contributed by atoms with E-state index < -0.39 is 33.2 Å². The largest absolute Gasteiger partial charge is 0.365 e. The van der Waals surface area contributed by atoms with E-state index >= 15 is 0 Å². The van der Waals surface area contributed by atoms with Crippen LogP contribution in [0.25, 0.3) is 0 Å². The third kappa shape index (κ3) is 4.22. The van der Waals surface area contributed by atoms with Crippen molar-refractivity contribution in [2.75, 3.05) is 18.0 Å². The van der Waals surface area contributed by atoms with Gasteiger partial charge in [0.15, 0.2) is 9.84 Å². The maximum atomic E-state index is 13.5. The van der Waals surface area contributed by atoms with Crippen LogP contribution in [0.4, 0.5) is 14.5 Å². The molecule has 1 aromatic carbocycles. The molecule has 1 amide bonds. The third-order valence-corrected chi connectivity index (χ3v) is 8.81. The molecule has 0 unspecified atom stereocenters.